The van der Waals surface area contributed by atoms with Crippen LogP contribution in [-0.4, -0.2) is 39.8 Å². The highest BCUT2D eigenvalue weighted by atomic mass is 32.2. The van der Waals surface area contributed by atoms with Crippen molar-refractivity contribution in [1.29, 1.82) is 0 Å². The summed E-state index contributed by atoms with van der Waals surface area (Å²) in [6.45, 7) is 6.23. The molecule has 0 aromatic heterocycles. The van der Waals surface area contributed by atoms with Crippen molar-refractivity contribution in [1.82, 2.24) is 0 Å². The number of rotatable bonds is 9. The van der Waals surface area contributed by atoms with Gasteiger partial charge in [0.2, 0.25) is 0 Å². The van der Waals surface area contributed by atoms with Crippen LogP contribution < -0.4 is 4.74 Å². The lowest BCUT2D eigenvalue weighted by Gasteiger charge is -2.22. The summed E-state index contributed by atoms with van der Waals surface area (Å²) in [7, 11) is 0. The molecule has 180 valence electrons. The van der Waals surface area contributed by atoms with Crippen molar-refractivity contribution in [3.05, 3.63) is 64.7 Å². The second-order valence-corrected chi connectivity index (χ2v) is 9.82. The fourth-order valence-electron chi connectivity index (χ4n) is 3.90. The van der Waals surface area contributed by atoms with Gasteiger partial charge in [0, 0.05) is 10.8 Å². The van der Waals surface area contributed by atoms with Crippen LogP contribution in [0.25, 0.3) is 0 Å². The smallest absolute Gasteiger partial charge is 0.416 e. The third-order valence-corrected chi connectivity index (χ3v) is 7.09. The van der Waals surface area contributed by atoms with Gasteiger partial charge in [0.25, 0.3) is 0 Å². The highest BCUT2D eigenvalue weighted by Crippen LogP contribution is 2.39. The molecule has 3 atom stereocenters. The van der Waals surface area contributed by atoms with Gasteiger partial charge in [0.05, 0.1) is 29.4 Å². The average molecular weight is 482 g/mol. The van der Waals surface area contributed by atoms with Crippen LogP contribution in [0.4, 0.5) is 13.2 Å². The number of thioether (sulfide) groups is 1. The molecule has 2 N–H and O–H groups in total. The van der Waals surface area contributed by atoms with Crippen molar-refractivity contribution in [3.63, 3.8) is 0 Å². The second kappa shape index (κ2) is 10.9. The molecule has 33 heavy (non-hydrogen) atoms. The maximum atomic E-state index is 12.9. The molecule has 0 fully saturated rings. The van der Waals surface area contributed by atoms with Gasteiger partial charge >= 0.3 is 6.18 Å². The number of hydrogen-bond acceptors (Lipinski definition) is 5. The van der Waals surface area contributed by atoms with Crippen LogP contribution in [0.5, 0.6) is 5.75 Å². The number of aliphatic hydroxyl groups is 2. The quantitative estimate of drug-likeness (QED) is 0.476. The van der Waals surface area contributed by atoms with E-state index in [4.69, 9.17) is 14.8 Å². The van der Waals surface area contributed by atoms with E-state index in [9.17, 15) is 18.3 Å². The van der Waals surface area contributed by atoms with Gasteiger partial charge in [0.1, 0.15) is 12.4 Å². The number of nitrogens with zero attached hydrogens (tertiary/aromatic N) is 1. The number of aliphatic imine (C=N–C) groups is 1. The zero-order valence-electron chi connectivity index (χ0n) is 19.0. The molecular formula is C25H30F3NO3S. The number of aryl methyl sites for hydroxylation is 1. The maximum Gasteiger partial charge on any atom is 0.416 e. The lowest BCUT2D eigenvalue weighted by molar-refractivity contribution is -0.137. The number of hydrogen-bond donors (Lipinski definition) is 2. The van der Waals surface area contributed by atoms with Crippen LogP contribution in [0.1, 0.15) is 55.0 Å². The van der Waals surface area contributed by atoms with Crippen LogP contribution in [-0.2, 0) is 6.18 Å². The number of benzene rings is 2. The maximum absolute atomic E-state index is 12.9. The van der Waals surface area contributed by atoms with Crippen LogP contribution in [0.15, 0.2) is 47.5 Å². The van der Waals surface area contributed by atoms with Crippen molar-refractivity contribution in [2.75, 3.05) is 13.2 Å². The molecule has 3 rings (SSSR count). The van der Waals surface area contributed by atoms with Crippen molar-refractivity contribution >= 4 is 16.8 Å². The third kappa shape index (κ3) is 6.52. The lowest BCUT2D eigenvalue weighted by Crippen LogP contribution is -2.23. The van der Waals surface area contributed by atoms with Crippen molar-refractivity contribution < 1.29 is 28.1 Å². The lowest BCUT2D eigenvalue weighted by atomic mass is 9.95. The summed E-state index contributed by atoms with van der Waals surface area (Å²) in [6, 6.07) is 10.7. The van der Waals surface area contributed by atoms with E-state index in [1.54, 1.807) is 17.8 Å². The molecule has 0 saturated carbocycles. The molecule has 0 bridgehead atoms. The van der Waals surface area contributed by atoms with Crippen LogP contribution in [0.2, 0.25) is 0 Å². The summed E-state index contributed by atoms with van der Waals surface area (Å²) in [5.41, 5.74) is 1.72. The zero-order chi connectivity index (χ0) is 24.2. The van der Waals surface area contributed by atoms with Gasteiger partial charge in [0.15, 0.2) is 0 Å². The molecule has 4 nitrogen and oxygen atoms in total. The summed E-state index contributed by atoms with van der Waals surface area (Å²) in [5.74, 6) is 0.956. The Kier molecular flexibility index (Phi) is 8.48. The van der Waals surface area contributed by atoms with Gasteiger partial charge in [-0.2, -0.15) is 13.2 Å². The molecule has 8 heteroatoms. The normalized spacial score (nSPS) is 19.6. The molecular weight excluding hydrogens is 451 g/mol. The Morgan fingerprint density at radius 2 is 1.82 bits per heavy atom. The average Bonchev–Trinajstić information content (AvgIpc) is 3.21. The highest BCUT2D eigenvalue weighted by Gasteiger charge is 2.34. The molecule has 2 unspecified atom stereocenters. The van der Waals surface area contributed by atoms with E-state index >= 15 is 0 Å². The topological polar surface area (TPSA) is 62.1 Å². The van der Waals surface area contributed by atoms with Crippen molar-refractivity contribution in [2.24, 2.45) is 10.9 Å². The number of aliphatic hydroxyl groups excluding tert-OH is 2. The SMILES string of the molecule is Cc1cc([C@@H](O)CCC2SC(c3ccc(C(F)(F)F)cc3)=NC2C(C)C)ccc1OCCO. The first-order chi connectivity index (χ1) is 15.6. The number of ether oxygens (including phenoxy) is 1. The predicted molar refractivity (Wildman–Crippen MR) is 126 cm³/mol. The van der Waals surface area contributed by atoms with Crippen molar-refractivity contribution in [2.45, 2.75) is 57.2 Å². The largest absolute Gasteiger partial charge is 0.491 e. The summed E-state index contributed by atoms with van der Waals surface area (Å²) in [6.07, 6.45) is -3.72. The first-order valence-corrected chi connectivity index (χ1v) is 11.9. The molecule has 0 radical (unpaired) electrons. The fraction of sp³-hybridized carbons (Fsp3) is 0.480. The summed E-state index contributed by atoms with van der Waals surface area (Å²) in [5, 5.41) is 20.6. The Labute approximate surface area is 196 Å². The Bertz CT molecular complexity index is 960. The van der Waals surface area contributed by atoms with E-state index in [-0.39, 0.29) is 30.4 Å². The molecule has 1 aliphatic heterocycles. The second-order valence-electron chi connectivity index (χ2n) is 8.59. The summed E-state index contributed by atoms with van der Waals surface area (Å²) in [4.78, 5) is 4.82. The van der Waals surface area contributed by atoms with Gasteiger partial charge < -0.3 is 14.9 Å². The van der Waals surface area contributed by atoms with Gasteiger partial charge in [-0.3, -0.25) is 4.99 Å². The monoisotopic (exact) mass is 481 g/mol. The number of alkyl halides is 3. The minimum atomic E-state index is -4.36. The molecule has 0 spiro atoms. The molecule has 1 aliphatic rings. The summed E-state index contributed by atoms with van der Waals surface area (Å²) < 4.78 is 44.1. The first-order valence-electron chi connectivity index (χ1n) is 11.0. The third-order valence-electron chi connectivity index (χ3n) is 5.71. The van der Waals surface area contributed by atoms with E-state index in [0.717, 1.165) is 34.7 Å². The predicted octanol–water partition coefficient (Wildman–Crippen LogP) is 5.79. The van der Waals surface area contributed by atoms with E-state index in [0.29, 0.717) is 17.7 Å². The fourth-order valence-corrected chi connectivity index (χ4v) is 5.41. The Morgan fingerprint density at radius 3 is 2.39 bits per heavy atom. The highest BCUT2D eigenvalue weighted by molar-refractivity contribution is 8.15. The Hall–Kier alpha value is -2.03. The molecule has 2 aromatic rings. The first kappa shape index (κ1) is 25.6. The summed E-state index contributed by atoms with van der Waals surface area (Å²) >= 11 is 1.58. The van der Waals surface area contributed by atoms with Gasteiger partial charge in [-0.15, -0.1) is 11.8 Å². The molecule has 0 saturated heterocycles. The van der Waals surface area contributed by atoms with E-state index in [1.165, 1.54) is 12.1 Å². The zero-order valence-corrected chi connectivity index (χ0v) is 19.8. The Balaban J connectivity index is 1.64. The minimum Gasteiger partial charge on any atom is -0.491 e. The molecule has 0 aliphatic carbocycles. The van der Waals surface area contributed by atoms with Crippen molar-refractivity contribution in [3.8, 4) is 5.75 Å². The van der Waals surface area contributed by atoms with Gasteiger partial charge in [-0.25, -0.2) is 0 Å². The van der Waals surface area contributed by atoms with Crippen LogP contribution >= 0.6 is 11.8 Å². The van der Waals surface area contributed by atoms with Crippen LogP contribution in [0.3, 0.4) is 0 Å². The molecule has 1 heterocycles. The molecule has 0 amide bonds. The molecule has 2 aromatic carbocycles. The van der Waals surface area contributed by atoms with Crippen LogP contribution in [0, 0.1) is 12.8 Å². The number of halogens is 3. The van der Waals surface area contributed by atoms with E-state index in [2.05, 4.69) is 13.8 Å². The standard InChI is InChI=1S/C25H30F3NO3S/c1-15(2)23-22(33-24(29-23)17-4-7-19(8-5-17)25(26,27)28)11-9-20(31)18-6-10-21(16(3)14-18)32-13-12-30/h4-8,10,14-15,20,22-23,30-31H,9,11-13H2,1-3H3/t20-,22?,23?/m0/s1. The van der Waals surface area contributed by atoms with E-state index in [1.807, 2.05) is 19.1 Å². The Morgan fingerprint density at radius 1 is 1.12 bits per heavy atom. The van der Waals surface area contributed by atoms with E-state index < -0.39 is 17.8 Å². The van der Waals surface area contributed by atoms with Gasteiger partial charge in [-0.05, 0) is 61.1 Å². The minimum absolute atomic E-state index is 0.0375. The van der Waals surface area contributed by atoms with Gasteiger partial charge in [-0.1, -0.05) is 32.0 Å².